The molecule has 0 radical (unpaired) electrons. The van der Waals surface area contributed by atoms with E-state index in [0.29, 0.717) is 16.1 Å². The van der Waals surface area contributed by atoms with E-state index in [1.54, 1.807) is 25.1 Å². The van der Waals surface area contributed by atoms with Gasteiger partial charge in [0.25, 0.3) is 0 Å². The minimum absolute atomic E-state index is 0.207. The molecule has 4 nitrogen and oxygen atoms in total. The molecule has 1 aromatic carbocycles. The molecule has 0 aliphatic rings. The van der Waals surface area contributed by atoms with Crippen LogP contribution < -0.4 is 5.73 Å². The van der Waals surface area contributed by atoms with Crippen molar-refractivity contribution in [2.24, 2.45) is 5.73 Å². The number of nitrogens with two attached hydrogens (primary N) is 1. The number of aliphatic hydroxyl groups excluding tert-OH is 1. The maximum absolute atomic E-state index is 10.7. The summed E-state index contributed by atoms with van der Waals surface area (Å²) in [5.74, 6) is -0.983. The highest BCUT2D eigenvalue weighted by Gasteiger charge is 2.25. The Bertz CT molecular complexity index is 404. The third kappa shape index (κ3) is 2.72. The molecule has 0 aliphatic heterocycles. The molecule has 0 aromatic heterocycles. The average Bonchev–Trinajstić information content (AvgIpc) is 2.20. The van der Waals surface area contributed by atoms with Gasteiger partial charge in [0.05, 0.1) is 18.6 Å². The second-order valence-electron chi connectivity index (χ2n) is 3.91. The Kier molecular flexibility index (Phi) is 3.91. The van der Waals surface area contributed by atoms with Crippen LogP contribution in [0.2, 0.25) is 5.02 Å². The Morgan fingerprint density at radius 3 is 2.69 bits per heavy atom. The third-order valence-corrected chi connectivity index (χ3v) is 2.74. The van der Waals surface area contributed by atoms with E-state index < -0.39 is 11.5 Å². The molecular formula is C11H14ClNO3. The molecule has 0 spiro atoms. The maximum atomic E-state index is 10.7. The van der Waals surface area contributed by atoms with Gasteiger partial charge in [-0.05, 0) is 24.1 Å². The molecular weight excluding hydrogens is 230 g/mol. The minimum atomic E-state index is -0.990. The molecule has 0 bridgehead atoms. The van der Waals surface area contributed by atoms with E-state index in [4.69, 9.17) is 22.4 Å². The number of halogens is 1. The zero-order chi connectivity index (χ0) is 12.3. The van der Waals surface area contributed by atoms with Crippen molar-refractivity contribution in [1.82, 2.24) is 0 Å². The van der Waals surface area contributed by atoms with Crippen LogP contribution in [0.5, 0.6) is 0 Å². The summed E-state index contributed by atoms with van der Waals surface area (Å²) in [6.07, 6.45) is -0.207. The van der Waals surface area contributed by atoms with Crippen molar-refractivity contribution in [3.05, 3.63) is 34.3 Å². The van der Waals surface area contributed by atoms with Gasteiger partial charge in [-0.25, -0.2) is 0 Å². The summed E-state index contributed by atoms with van der Waals surface area (Å²) in [6.45, 7) is 1.35. The minimum Gasteiger partial charge on any atom is -0.481 e. The number of carboxylic acids is 1. The van der Waals surface area contributed by atoms with Crippen LogP contribution >= 0.6 is 11.6 Å². The lowest BCUT2D eigenvalue weighted by Gasteiger charge is -2.25. The number of carboxylic acid groups (broad SMARTS) is 1. The van der Waals surface area contributed by atoms with Crippen LogP contribution in [0, 0.1) is 0 Å². The first-order chi connectivity index (χ1) is 7.38. The summed E-state index contributed by atoms with van der Waals surface area (Å²) in [5, 5.41) is 18.3. The van der Waals surface area contributed by atoms with Crippen molar-refractivity contribution in [1.29, 1.82) is 0 Å². The largest absolute Gasteiger partial charge is 0.481 e. The summed E-state index contributed by atoms with van der Waals surface area (Å²) in [5.41, 5.74) is 5.91. The Balaban J connectivity index is 3.28. The van der Waals surface area contributed by atoms with Gasteiger partial charge in [-0.1, -0.05) is 23.7 Å². The molecule has 1 aromatic rings. The van der Waals surface area contributed by atoms with E-state index in [9.17, 15) is 9.90 Å². The van der Waals surface area contributed by atoms with E-state index in [1.165, 1.54) is 0 Å². The van der Waals surface area contributed by atoms with Crippen LogP contribution in [0.1, 0.15) is 18.1 Å². The molecule has 1 rings (SSSR count). The summed E-state index contributed by atoms with van der Waals surface area (Å²) in [7, 11) is 0. The zero-order valence-electron chi connectivity index (χ0n) is 8.90. The monoisotopic (exact) mass is 243 g/mol. The fraction of sp³-hybridized carbons (Fsp3) is 0.364. The molecule has 0 heterocycles. The lowest BCUT2D eigenvalue weighted by Crippen LogP contribution is -2.38. The highest BCUT2D eigenvalue weighted by molar-refractivity contribution is 6.31. The van der Waals surface area contributed by atoms with Crippen LogP contribution in [0.15, 0.2) is 18.2 Å². The maximum Gasteiger partial charge on any atom is 0.307 e. The number of aliphatic hydroxyl groups is 1. The average molecular weight is 244 g/mol. The number of aliphatic carboxylic acids is 1. The van der Waals surface area contributed by atoms with Crippen LogP contribution in [0.25, 0.3) is 0 Å². The van der Waals surface area contributed by atoms with E-state index >= 15 is 0 Å². The zero-order valence-corrected chi connectivity index (χ0v) is 9.66. The second-order valence-corrected chi connectivity index (χ2v) is 4.32. The second kappa shape index (κ2) is 4.82. The van der Waals surface area contributed by atoms with Gasteiger partial charge in [0.15, 0.2) is 0 Å². The quantitative estimate of drug-likeness (QED) is 0.740. The first kappa shape index (κ1) is 13.0. The number of hydrogen-bond acceptors (Lipinski definition) is 3. The van der Waals surface area contributed by atoms with Gasteiger partial charge in [-0.3, -0.25) is 4.79 Å². The molecule has 1 atom stereocenters. The number of carbonyl (C=O) groups is 1. The fourth-order valence-electron chi connectivity index (χ4n) is 1.51. The molecule has 4 N–H and O–H groups in total. The molecule has 0 amide bonds. The number of hydrogen-bond donors (Lipinski definition) is 3. The summed E-state index contributed by atoms with van der Waals surface area (Å²) in [4.78, 5) is 10.7. The molecule has 0 saturated heterocycles. The highest BCUT2D eigenvalue weighted by atomic mass is 35.5. The third-order valence-electron chi connectivity index (χ3n) is 2.39. The van der Waals surface area contributed by atoms with Crippen LogP contribution in [0.3, 0.4) is 0 Å². The van der Waals surface area contributed by atoms with E-state index in [2.05, 4.69) is 0 Å². The van der Waals surface area contributed by atoms with Gasteiger partial charge in [0, 0.05) is 5.02 Å². The lowest BCUT2D eigenvalue weighted by molar-refractivity contribution is -0.136. The Hall–Kier alpha value is -1.10. The molecule has 1 unspecified atom stereocenters. The lowest BCUT2D eigenvalue weighted by atomic mass is 9.88. The van der Waals surface area contributed by atoms with Crippen molar-refractivity contribution in [3.63, 3.8) is 0 Å². The van der Waals surface area contributed by atoms with Crippen molar-refractivity contribution in [2.75, 3.05) is 6.61 Å². The van der Waals surface area contributed by atoms with Crippen LogP contribution in [-0.2, 0) is 16.8 Å². The molecule has 88 valence electrons. The van der Waals surface area contributed by atoms with Crippen molar-refractivity contribution >= 4 is 17.6 Å². The van der Waals surface area contributed by atoms with Gasteiger partial charge in [-0.2, -0.15) is 0 Å². The number of benzene rings is 1. The first-order valence-corrected chi connectivity index (χ1v) is 5.15. The Morgan fingerprint density at radius 1 is 1.56 bits per heavy atom. The summed E-state index contributed by atoms with van der Waals surface area (Å²) >= 11 is 5.94. The predicted octanol–water partition coefficient (Wildman–Crippen LogP) is 1.13. The van der Waals surface area contributed by atoms with Gasteiger partial charge in [0.2, 0.25) is 0 Å². The van der Waals surface area contributed by atoms with Gasteiger partial charge in [0.1, 0.15) is 0 Å². The Labute approximate surface area is 98.6 Å². The van der Waals surface area contributed by atoms with Gasteiger partial charge < -0.3 is 15.9 Å². The fourth-order valence-corrected chi connectivity index (χ4v) is 1.75. The van der Waals surface area contributed by atoms with Crippen molar-refractivity contribution in [2.45, 2.75) is 18.9 Å². The van der Waals surface area contributed by atoms with Crippen LogP contribution in [-0.4, -0.2) is 22.8 Å². The van der Waals surface area contributed by atoms with Crippen molar-refractivity contribution < 1.29 is 15.0 Å². The van der Waals surface area contributed by atoms with Crippen LogP contribution in [0.4, 0.5) is 0 Å². The molecule has 16 heavy (non-hydrogen) atoms. The van der Waals surface area contributed by atoms with E-state index in [1.807, 2.05) is 0 Å². The topological polar surface area (TPSA) is 83.5 Å². The van der Waals surface area contributed by atoms with Gasteiger partial charge >= 0.3 is 5.97 Å². The standard InChI is InChI=1S/C11H14ClNO3/c1-11(13,6-14)8-3-2-4-9(12)7(8)5-10(15)16/h2-4,14H,5-6,13H2,1H3,(H,15,16). The number of rotatable bonds is 4. The summed E-state index contributed by atoms with van der Waals surface area (Å²) < 4.78 is 0. The first-order valence-electron chi connectivity index (χ1n) is 4.78. The SMILES string of the molecule is CC(N)(CO)c1cccc(Cl)c1CC(=O)O. The highest BCUT2D eigenvalue weighted by Crippen LogP contribution is 2.27. The molecule has 0 aliphatic carbocycles. The predicted molar refractivity (Wildman–Crippen MR) is 61.4 cm³/mol. The van der Waals surface area contributed by atoms with Crippen molar-refractivity contribution in [3.8, 4) is 0 Å². The smallest absolute Gasteiger partial charge is 0.307 e. The molecule has 5 heteroatoms. The summed E-state index contributed by atoms with van der Waals surface area (Å²) in [6, 6.07) is 4.97. The molecule has 0 fully saturated rings. The van der Waals surface area contributed by atoms with Gasteiger partial charge in [-0.15, -0.1) is 0 Å². The molecule has 0 saturated carbocycles. The van der Waals surface area contributed by atoms with E-state index in [0.717, 1.165) is 0 Å². The normalized spacial score (nSPS) is 14.5. The Morgan fingerprint density at radius 2 is 2.19 bits per heavy atom. The van der Waals surface area contributed by atoms with E-state index in [-0.39, 0.29) is 13.0 Å².